The Morgan fingerprint density at radius 2 is 2.12 bits per heavy atom. The average Bonchev–Trinajstić information content (AvgIpc) is 3.17. The van der Waals surface area contributed by atoms with Gasteiger partial charge in [-0.25, -0.2) is 9.78 Å². The van der Waals surface area contributed by atoms with Gasteiger partial charge in [0.1, 0.15) is 5.82 Å². The number of halogens is 1. The zero-order valence-electron chi connectivity index (χ0n) is 13.5. The molecule has 24 heavy (non-hydrogen) atoms. The summed E-state index contributed by atoms with van der Waals surface area (Å²) in [5, 5.41) is 3.43. The summed E-state index contributed by atoms with van der Waals surface area (Å²) in [6, 6.07) is 8.03. The van der Waals surface area contributed by atoms with Crippen molar-refractivity contribution < 1.29 is 9.53 Å². The molecule has 1 heterocycles. The van der Waals surface area contributed by atoms with Crippen LogP contribution in [-0.2, 0) is 4.74 Å². The van der Waals surface area contributed by atoms with E-state index >= 15 is 0 Å². The van der Waals surface area contributed by atoms with Gasteiger partial charge in [0.2, 0.25) is 0 Å². The molecule has 1 aromatic carbocycles. The van der Waals surface area contributed by atoms with Crippen LogP contribution in [0.15, 0.2) is 34.9 Å². The first-order chi connectivity index (χ1) is 11.7. The van der Waals surface area contributed by atoms with Crippen molar-refractivity contribution in [3.63, 3.8) is 0 Å². The quantitative estimate of drug-likeness (QED) is 0.739. The number of carbonyl (C=O) groups is 1. The number of carbonyl (C=O) groups excluding carboxylic acids is 1. The molecule has 2 bridgehead atoms. The Hall–Kier alpha value is -1.88. The zero-order valence-corrected chi connectivity index (χ0v) is 15.1. The molecular weight excluding hydrogens is 368 g/mol. The summed E-state index contributed by atoms with van der Waals surface area (Å²) in [6.07, 6.45) is 5.14. The second kappa shape index (κ2) is 6.20. The normalized spacial score (nSPS) is 20.8. The Morgan fingerprint density at radius 1 is 1.33 bits per heavy atom. The van der Waals surface area contributed by atoms with E-state index in [1.54, 1.807) is 6.20 Å². The molecule has 124 valence electrons. The number of aromatic nitrogens is 1. The predicted molar refractivity (Wildman–Crippen MR) is 97.0 cm³/mol. The van der Waals surface area contributed by atoms with Crippen LogP contribution in [0, 0.1) is 0 Å². The lowest BCUT2D eigenvalue weighted by Gasteiger charge is -2.21. The van der Waals surface area contributed by atoms with Gasteiger partial charge in [0, 0.05) is 21.9 Å². The smallest absolute Gasteiger partial charge is 0.339 e. The van der Waals surface area contributed by atoms with Crippen molar-refractivity contribution in [1.29, 1.82) is 0 Å². The molecule has 2 aromatic rings. The number of hydrogen-bond donors (Lipinski definition) is 1. The van der Waals surface area contributed by atoms with Crippen LogP contribution >= 0.6 is 15.9 Å². The fraction of sp³-hybridized carbons (Fsp3) is 0.368. The molecule has 0 spiro atoms. The third kappa shape index (κ3) is 2.61. The Morgan fingerprint density at radius 3 is 2.88 bits per heavy atom. The van der Waals surface area contributed by atoms with E-state index in [1.165, 1.54) is 12.0 Å². The number of pyridine rings is 1. The number of anilines is 2. The lowest BCUT2D eigenvalue weighted by Crippen LogP contribution is -2.14. The summed E-state index contributed by atoms with van der Waals surface area (Å²) in [4.78, 5) is 16.9. The highest BCUT2D eigenvalue weighted by Crippen LogP contribution is 2.56. The number of ether oxygens (including phenoxy) is 1. The van der Waals surface area contributed by atoms with Crippen molar-refractivity contribution in [2.24, 2.45) is 0 Å². The second-order valence-electron chi connectivity index (χ2n) is 6.41. The largest absolute Gasteiger partial charge is 0.462 e. The van der Waals surface area contributed by atoms with Crippen LogP contribution in [0.1, 0.15) is 59.5 Å². The molecule has 0 amide bonds. The number of hydrogen-bond acceptors (Lipinski definition) is 4. The van der Waals surface area contributed by atoms with E-state index in [0.29, 0.717) is 24.0 Å². The van der Waals surface area contributed by atoms with Gasteiger partial charge in [-0.2, -0.15) is 0 Å². The van der Waals surface area contributed by atoms with Gasteiger partial charge < -0.3 is 10.1 Å². The van der Waals surface area contributed by atoms with Crippen molar-refractivity contribution in [1.82, 2.24) is 4.98 Å². The third-order valence-corrected chi connectivity index (χ3v) is 5.48. The van der Waals surface area contributed by atoms with Crippen LogP contribution in [-0.4, -0.2) is 17.6 Å². The molecule has 2 atom stereocenters. The highest BCUT2D eigenvalue weighted by atomic mass is 79.9. The van der Waals surface area contributed by atoms with Crippen LogP contribution < -0.4 is 5.32 Å². The molecule has 0 radical (unpaired) electrons. The lowest BCUT2D eigenvalue weighted by atomic mass is 9.89. The number of rotatable bonds is 4. The molecule has 2 unspecified atom stereocenters. The molecular formula is C19H19BrN2O2. The SMILES string of the molecule is CCOC(=O)c1cnc(Nc2cccc(Br)c2)c2c1C1CCC2C1. The Balaban J connectivity index is 1.76. The molecule has 0 aliphatic heterocycles. The van der Waals surface area contributed by atoms with Crippen LogP contribution in [0.25, 0.3) is 0 Å². The van der Waals surface area contributed by atoms with E-state index in [9.17, 15) is 4.79 Å². The predicted octanol–water partition coefficient (Wildman–Crippen LogP) is 5.13. The summed E-state index contributed by atoms with van der Waals surface area (Å²) in [6.45, 7) is 2.22. The number of benzene rings is 1. The fourth-order valence-corrected chi connectivity index (χ4v) is 4.47. The van der Waals surface area contributed by atoms with Crippen molar-refractivity contribution in [3.8, 4) is 0 Å². The minimum Gasteiger partial charge on any atom is -0.462 e. The molecule has 1 N–H and O–H groups in total. The molecule has 2 aliphatic carbocycles. The topological polar surface area (TPSA) is 51.2 Å². The number of esters is 1. The molecule has 0 saturated heterocycles. The molecule has 1 fully saturated rings. The van der Waals surface area contributed by atoms with E-state index in [4.69, 9.17) is 4.74 Å². The number of fused-ring (bicyclic) bond motifs is 5. The summed E-state index contributed by atoms with van der Waals surface area (Å²) >= 11 is 3.50. The molecule has 1 saturated carbocycles. The lowest BCUT2D eigenvalue weighted by molar-refractivity contribution is 0.0524. The van der Waals surface area contributed by atoms with E-state index < -0.39 is 0 Å². The van der Waals surface area contributed by atoms with Gasteiger partial charge in [0.05, 0.1) is 12.2 Å². The number of nitrogens with zero attached hydrogens (tertiary/aromatic N) is 1. The van der Waals surface area contributed by atoms with Gasteiger partial charge in [-0.3, -0.25) is 0 Å². The van der Waals surface area contributed by atoms with Gasteiger partial charge in [0.25, 0.3) is 0 Å². The van der Waals surface area contributed by atoms with Gasteiger partial charge in [-0.15, -0.1) is 0 Å². The maximum Gasteiger partial charge on any atom is 0.339 e. The van der Waals surface area contributed by atoms with E-state index in [0.717, 1.165) is 34.4 Å². The molecule has 2 aliphatic rings. The minimum atomic E-state index is -0.247. The fourth-order valence-electron chi connectivity index (χ4n) is 4.07. The standard InChI is InChI=1S/C19H19BrN2O2/c1-2-24-19(23)15-10-21-18(22-14-5-3-4-13(20)9-14)17-12-7-6-11(8-12)16(15)17/h3-5,9-12H,2,6-8H2,1H3,(H,21,22). The molecule has 1 aromatic heterocycles. The van der Waals surface area contributed by atoms with Crippen LogP contribution in [0.5, 0.6) is 0 Å². The third-order valence-electron chi connectivity index (χ3n) is 4.99. The van der Waals surface area contributed by atoms with Crippen molar-refractivity contribution >= 4 is 33.4 Å². The van der Waals surface area contributed by atoms with Crippen LogP contribution in [0.4, 0.5) is 11.5 Å². The number of nitrogens with one attached hydrogen (secondary N) is 1. The summed E-state index contributed by atoms with van der Waals surface area (Å²) < 4.78 is 6.25. The maximum atomic E-state index is 12.3. The van der Waals surface area contributed by atoms with E-state index in [2.05, 4.69) is 26.2 Å². The summed E-state index contributed by atoms with van der Waals surface area (Å²) in [5.41, 5.74) is 4.03. The Bertz CT molecular complexity index is 806. The maximum absolute atomic E-state index is 12.3. The average molecular weight is 387 g/mol. The van der Waals surface area contributed by atoms with E-state index in [-0.39, 0.29) is 5.97 Å². The van der Waals surface area contributed by atoms with Gasteiger partial charge in [-0.05, 0) is 61.8 Å². The highest BCUT2D eigenvalue weighted by molar-refractivity contribution is 9.10. The molecule has 4 nitrogen and oxygen atoms in total. The highest BCUT2D eigenvalue weighted by Gasteiger charge is 2.42. The molecule has 4 rings (SSSR count). The monoisotopic (exact) mass is 386 g/mol. The van der Waals surface area contributed by atoms with Crippen LogP contribution in [0.3, 0.4) is 0 Å². The van der Waals surface area contributed by atoms with Crippen molar-refractivity contribution in [2.75, 3.05) is 11.9 Å². The first-order valence-corrected chi connectivity index (χ1v) is 9.19. The van der Waals surface area contributed by atoms with E-state index in [1.807, 2.05) is 31.2 Å². The van der Waals surface area contributed by atoms with Gasteiger partial charge in [0.15, 0.2) is 0 Å². The minimum absolute atomic E-state index is 0.247. The summed E-state index contributed by atoms with van der Waals surface area (Å²) in [5.74, 6) is 1.60. The van der Waals surface area contributed by atoms with Crippen LogP contribution in [0.2, 0.25) is 0 Å². The first kappa shape index (κ1) is 15.6. The molecule has 5 heteroatoms. The van der Waals surface area contributed by atoms with Gasteiger partial charge >= 0.3 is 5.97 Å². The Labute approximate surface area is 149 Å². The second-order valence-corrected chi connectivity index (χ2v) is 7.33. The summed E-state index contributed by atoms with van der Waals surface area (Å²) in [7, 11) is 0. The van der Waals surface area contributed by atoms with Crippen molar-refractivity contribution in [3.05, 3.63) is 51.6 Å². The van der Waals surface area contributed by atoms with Gasteiger partial charge in [-0.1, -0.05) is 22.0 Å². The Kier molecular flexibility index (Phi) is 4.04. The zero-order chi connectivity index (χ0) is 16.7. The first-order valence-electron chi connectivity index (χ1n) is 8.40. The van der Waals surface area contributed by atoms with Crippen molar-refractivity contribution in [2.45, 2.75) is 38.0 Å².